The first-order valence-corrected chi connectivity index (χ1v) is 6.30. The number of hydrogen-bond acceptors (Lipinski definition) is 4. The number of hydrogen-bond donors (Lipinski definition) is 2. The summed E-state index contributed by atoms with van der Waals surface area (Å²) in [4.78, 5) is 15.9. The highest BCUT2D eigenvalue weighted by Crippen LogP contribution is 2.31. The molecule has 0 spiro atoms. The second kappa shape index (κ2) is 5.13. The molecule has 1 amide bonds. The van der Waals surface area contributed by atoms with Gasteiger partial charge in [-0.1, -0.05) is 30.3 Å². The molecule has 0 aliphatic heterocycles. The average Bonchev–Trinajstić information content (AvgIpc) is 2.48. The van der Waals surface area contributed by atoms with Gasteiger partial charge in [-0.15, -0.1) is 0 Å². The van der Waals surface area contributed by atoms with Crippen molar-refractivity contribution in [3.63, 3.8) is 0 Å². The molecule has 104 valence electrons. The van der Waals surface area contributed by atoms with Crippen LogP contribution in [0.2, 0.25) is 0 Å². The third kappa shape index (κ3) is 2.49. The Morgan fingerprint density at radius 1 is 1.10 bits per heavy atom. The van der Waals surface area contributed by atoms with Gasteiger partial charge in [-0.25, -0.2) is 4.98 Å². The monoisotopic (exact) mass is 280 g/mol. The van der Waals surface area contributed by atoms with E-state index in [2.05, 4.69) is 4.98 Å². The number of fused-ring (bicyclic) bond motifs is 1. The Balaban J connectivity index is 2.11. The largest absolute Gasteiger partial charge is 0.504 e. The molecule has 0 saturated heterocycles. The van der Waals surface area contributed by atoms with Gasteiger partial charge in [0.05, 0.1) is 11.1 Å². The number of primary amides is 1. The number of pyridine rings is 1. The minimum absolute atomic E-state index is 0.00640. The zero-order valence-corrected chi connectivity index (χ0v) is 11.0. The maximum absolute atomic E-state index is 11.6. The van der Waals surface area contributed by atoms with E-state index in [4.69, 9.17) is 10.5 Å². The number of rotatable bonds is 3. The van der Waals surface area contributed by atoms with Crippen molar-refractivity contribution in [3.05, 3.63) is 60.2 Å². The molecule has 0 unspecified atom stereocenters. The summed E-state index contributed by atoms with van der Waals surface area (Å²) in [5.74, 6) is -0.108. The number of aromatic nitrogens is 1. The molecule has 0 atom stereocenters. The van der Waals surface area contributed by atoms with Crippen molar-refractivity contribution in [3.8, 4) is 17.4 Å². The molecule has 1 aromatic heterocycles. The lowest BCUT2D eigenvalue weighted by Gasteiger charge is -2.09. The highest BCUT2D eigenvalue weighted by atomic mass is 16.5. The van der Waals surface area contributed by atoms with E-state index in [1.54, 1.807) is 36.4 Å². The standard InChI is InChI=1S/C16H12N2O3/c17-16(20)11-9-15(18-12-6-2-1-5-10(11)12)21-14-8-4-3-7-13(14)19/h1-9,19H,(H2,17,20). The van der Waals surface area contributed by atoms with Crippen LogP contribution < -0.4 is 10.5 Å². The highest BCUT2D eigenvalue weighted by molar-refractivity contribution is 6.05. The van der Waals surface area contributed by atoms with Gasteiger partial charge in [0.25, 0.3) is 0 Å². The van der Waals surface area contributed by atoms with Crippen LogP contribution in [0.3, 0.4) is 0 Å². The molecule has 0 fully saturated rings. The van der Waals surface area contributed by atoms with Gasteiger partial charge in [-0.3, -0.25) is 4.79 Å². The molecule has 1 heterocycles. The van der Waals surface area contributed by atoms with E-state index < -0.39 is 5.91 Å². The lowest BCUT2D eigenvalue weighted by atomic mass is 10.1. The van der Waals surface area contributed by atoms with Crippen LogP contribution in [0, 0.1) is 0 Å². The van der Waals surface area contributed by atoms with E-state index in [-0.39, 0.29) is 17.4 Å². The summed E-state index contributed by atoms with van der Waals surface area (Å²) in [5.41, 5.74) is 6.32. The Morgan fingerprint density at radius 3 is 2.57 bits per heavy atom. The van der Waals surface area contributed by atoms with Crippen LogP contribution in [-0.2, 0) is 0 Å². The zero-order chi connectivity index (χ0) is 14.8. The van der Waals surface area contributed by atoms with Crippen molar-refractivity contribution in [1.82, 2.24) is 4.98 Å². The van der Waals surface area contributed by atoms with Gasteiger partial charge in [-0.05, 0) is 18.2 Å². The topological polar surface area (TPSA) is 85.4 Å². The van der Waals surface area contributed by atoms with Crippen molar-refractivity contribution in [2.75, 3.05) is 0 Å². The molecule has 3 aromatic rings. The predicted molar refractivity (Wildman–Crippen MR) is 78.4 cm³/mol. The maximum atomic E-state index is 11.6. The van der Waals surface area contributed by atoms with E-state index in [0.29, 0.717) is 16.5 Å². The first-order valence-electron chi connectivity index (χ1n) is 6.30. The van der Waals surface area contributed by atoms with Crippen molar-refractivity contribution in [2.45, 2.75) is 0 Å². The molecule has 2 aromatic carbocycles. The molecule has 0 aliphatic carbocycles. The van der Waals surface area contributed by atoms with Gasteiger partial charge in [0.2, 0.25) is 11.8 Å². The maximum Gasteiger partial charge on any atom is 0.249 e. The minimum atomic E-state index is -0.560. The summed E-state index contributed by atoms with van der Waals surface area (Å²) in [6.45, 7) is 0. The molecule has 21 heavy (non-hydrogen) atoms. The third-order valence-electron chi connectivity index (χ3n) is 3.04. The number of nitrogens with two attached hydrogens (primary N) is 1. The SMILES string of the molecule is NC(=O)c1cc(Oc2ccccc2O)nc2ccccc12. The summed E-state index contributed by atoms with van der Waals surface area (Å²) in [6, 6.07) is 15.1. The van der Waals surface area contributed by atoms with Crippen molar-refractivity contribution in [1.29, 1.82) is 0 Å². The van der Waals surface area contributed by atoms with Crippen molar-refractivity contribution >= 4 is 16.8 Å². The molecular weight excluding hydrogens is 268 g/mol. The Labute approximate surface area is 120 Å². The number of benzene rings is 2. The number of carbonyl (C=O) groups is 1. The number of para-hydroxylation sites is 3. The number of ether oxygens (including phenoxy) is 1. The van der Waals surface area contributed by atoms with Gasteiger partial charge in [0.15, 0.2) is 11.5 Å². The van der Waals surface area contributed by atoms with Crippen LogP contribution in [0.25, 0.3) is 10.9 Å². The van der Waals surface area contributed by atoms with Gasteiger partial charge >= 0.3 is 0 Å². The zero-order valence-electron chi connectivity index (χ0n) is 11.0. The summed E-state index contributed by atoms with van der Waals surface area (Å²) in [7, 11) is 0. The second-order valence-corrected chi connectivity index (χ2v) is 4.46. The van der Waals surface area contributed by atoms with Crippen LogP contribution in [0.4, 0.5) is 0 Å². The molecule has 0 saturated carbocycles. The van der Waals surface area contributed by atoms with Crippen LogP contribution in [0.15, 0.2) is 54.6 Å². The van der Waals surface area contributed by atoms with Gasteiger partial charge < -0.3 is 15.6 Å². The minimum Gasteiger partial charge on any atom is -0.504 e. The van der Waals surface area contributed by atoms with Gasteiger partial charge in [-0.2, -0.15) is 0 Å². The van der Waals surface area contributed by atoms with Crippen LogP contribution in [0.1, 0.15) is 10.4 Å². The normalized spacial score (nSPS) is 10.5. The van der Waals surface area contributed by atoms with Gasteiger partial charge in [0, 0.05) is 11.5 Å². The summed E-state index contributed by atoms with van der Waals surface area (Å²) in [6.07, 6.45) is 0. The lowest BCUT2D eigenvalue weighted by Crippen LogP contribution is -2.12. The molecule has 3 N–H and O–H groups in total. The average molecular weight is 280 g/mol. The van der Waals surface area contributed by atoms with E-state index in [1.165, 1.54) is 12.1 Å². The summed E-state index contributed by atoms with van der Waals surface area (Å²) in [5, 5.41) is 10.4. The van der Waals surface area contributed by atoms with Crippen molar-refractivity contribution < 1.29 is 14.6 Å². The van der Waals surface area contributed by atoms with Crippen molar-refractivity contribution in [2.24, 2.45) is 5.73 Å². The van der Waals surface area contributed by atoms with E-state index in [0.717, 1.165) is 0 Å². The van der Waals surface area contributed by atoms with E-state index >= 15 is 0 Å². The van der Waals surface area contributed by atoms with Crippen LogP contribution >= 0.6 is 0 Å². The number of aromatic hydroxyl groups is 1. The third-order valence-corrected chi connectivity index (χ3v) is 3.04. The highest BCUT2D eigenvalue weighted by Gasteiger charge is 2.12. The van der Waals surface area contributed by atoms with E-state index in [1.807, 2.05) is 6.07 Å². The fourth-order valence-electron chi connectivity index (χ4n) is 2.06. The molecule has 5 heteroatoms. The fraction of sp³-hybridized carbons (Fsp3) is 0. The Morgan fingerprint density at radius 2 is 1.81 bits per heavy atom. The molecule has 3 rings (SSSR count). The molecular formula is C16H12N2O3. The number of phenols is 1. The summed E-state index contributed by atoms with van der Waals surface area (Å²) >= 11 is 0. The Bertz CT molecular complexity index is 831. The predicted octanol–water partition coefficient (Wildman–Crippen LogP) is 2.83. The fourth-order valence-corrected chi connectivity index (χ4v) is 2.06. The number of phenolic OH excluding ortho intramolecular Hbond substituents is 1. The van der Waals surface area contributed by atoms with Crippen LogP contribution in [0.5, 0.6) is 17.4 Å². The second-order valence-electron chi connectivity index (χ2n) is 4.46. The molecule has 0 aliphatic rings. The lowest BCUT2D eigenvalue weighted by molar-refractivity contribution is 0.100. The smallest absolute Gasteiger partial charge is 0.249 e. The summed E-state index contributed by atoms with van der Waals surface area (Å²) < 4.78 is 5.54. The number of carbonyl (C=O) groups excluding carboxylic acids is 1. The number of amides is 1. The Kier molecular flexibility index (Phi) is 3.16. The first-order chi connectivity index (χ1) is 10.1. The molecule has 0 bridgehead atoms. The van der Waals surface area contributed by atoms with Gasteiger partial charge in [0.1, 0.15) is 0 Å². The molecule has 0 radical (unpaired) electrons. The molecule has 5 nitrogen and oxygen atoms in total. The first kappa shape index (κ1) is 12.9. The quantitative estimate of drug-likeness (QED) is 0.772. The van der Waals surface area contributed by atoms with E-state index in [9.17, 15) is 9.90 Å². The van der Waals surface area contributed by atoms with Crippen LogP contribution in [-0.4, -0.2) is 16.0 Å². The number of nitrogens with zero attached hydrogens (tertiary/aromatic N) is 1. The Hall–Kier alpha value is -3.08.